The van der Waals surface area contributed by atoms with Crippen LogP contribution in [-0.2, 0) is 14.3 Å². The van der Waals surface area contributed by atoms with Crippen LogP contribution >= 0.6 is 0 Å². The van der Waals surface area contributed by atoms with Crippen LogP contribution in [0.3, 0.4) is 0 Å². The SMILES string of the molecule is COC(=O)C1CC(=O)N(c2c(C#N)oc3ccccc23)C1. The first-order valence-corrected chi connectivity index (χ1v) is 6.45. The van der Waals surface area contributed by atoms with Gasteiger partial charge in [-0.25, -0.2) is 0 Å². The molecule has 0 aliphatic carbocycles. The minimum atomic E-state index is -0.511. The minimum absolute atomic E-state index is 0.0788. The Balaban J connectivity index is 2.07. The number of ether oxygens (including phenoxy) is 1. The van der Waals surface area contributed by atoms with E-state index >= 15 is 0 Å². The van der Waals surface area contributed by atoms with Crippen LogP contribution in [0.4, 0.5) is 5.69 Å². The molecule has 1 fully saturated rings. The maximum Gasteiger partial charge on any atom is 0.311 e. The van der Waals surface area contributed by atoms with Gasteiger partial charge in [0.15, 0.2) is 0 Å². The lowest BCUT2D eigenvalue weighted by molar-refractivity contribution is -0.145. The molecule has 0 spiro atoms. The van der Waals surface area contributed by atoms with Gasteiger partial charge in [0.05, 0.1) is 13.0 Å². The third kappa shape index (κ3) is 2.03. The maximum absolute atomic E-state index is 12.2. The highest BCUT2D eigenvalue weighted by Gasteiger charge is 2.38. The van der Waals surface area contributed by atoms with E-state index in [4.69, 9.17) is 4.42 Å². The van der Waals surface area contributed by atoms with E-state index in [1.807, 2.05) is 6.07 Å². The molecule has 0 N–H and O–H groups in total. The zero-order chi connectivity index (χ0) is 15.0. The fourth-order valence-corrected chi connectivity index (χ4v) is 2.62. The number of carbonyl (C=O) groups is 2. The lowest BCUT2D eigenvalue weighted by atomic mass is 10.1. The van der Waals surface area contributed by atoms with Gasteiger partial charge in [-0.05, 0) is 12.1 Å². The molecule has 1 aliphatic rings. The van der Waals surface area contributed by atoms with Gasteiger partial charge in [0.25, 0.3) is 0 Å². The Morgan fingerprint density at radius 3 is 2.95 bits per heavy atom. The van der Waals surface area contributed by atoms with E-state index in [0.29, 0.717) is 16.7 Å². The fraction of sp³-hybridized carbons (Fsp3) is 0.267. The summed E-state index contributed by atoms with van der Waals surface area (Å²) in [6.45, 7) is 0.198. The number of furan rings is 1. The number of esters is 1. The molecular weight excluding hydrogens is 272 g/mol. The molecule has 1 atom stereocenters. The van der Waals surface area contributed by atoms with E-state index in [9.17, 15) is 14.9 Å². The summed E-state index contributed by atoms with van der Waals surface area (Å²) in [6.07, 6.45) is 0.0804. The Morgan fingerprint density at radius 1 is 1.48 bits per heavy atom. The Labute approximate surface area is 120 Å². The first-order chi connectivity index (χ1) is 10.2. The van der Waals surface area contributed by atoms with Gasteiger partial charge >= 0.3 is 5.97 Å². The largest absolute Gasteiger partial charge is 0.469 e. The summed E-state index contributed by atoms with van der Waals surface area (Å²) in [5, 5.41) is 9.90. The molecule has 3 rings (SSSR count). The number of nitrogens with zero attached hydrogens (tertiary/aromatic N) is 2. The molecule has 1 unspecified atom stereocenters. The van der Waals surface area contributed by atoms with Crippen LogP contribution in [0.2, 0.25) is 0 Å². The van der Waals surface area contributed by atoms with E-state index in [2.05, 4.69) is 4.74 Å². The molecule has 1 aromatic heterocycles. The minimum Gasteiger partial charge on any atom is -0.469 e. The molecule has 0 saturated carbocycles. The number of hydrogen-bond donors (Lipinski definition) is 0. The van der Waals surface area contributed by atoms with Crippen molar-refractivity contribution in [1.29, 1.82) is 5.26 Å². The van der Waals surface area contributed by atoms with Crippen LogP contribution in [0.1, 0.15) is 12.2 Å². The van der Waals surface area contributed by atoms with E-state index in [1.165, 1.54) is 12.0 Å². The number of rotatable bonds is 2. The molecule has 1 amide bonds. The molecule has 6 nitrogen and oxygen atoms in total. The lowest BCUT2D eigenvalue weighted by Gasteiger charge is -2.15. The maximum atomic E-state index is 12.2. The van der Waals surface area contributed by atoms with Crippen molar-refractivity contribution in [3.05, 3.63) is 30.0 Å². The molecule has 21 heavy (non-hydrogen) atoms. The highest BCUT2D eigenvalue weighted by molar-refractivity contribution is 6.07. The second-order valence-corrected chi connectivity index (χ2v) is 4.82. The zero-order valence-electron chi connectivity index (χ0n) is 11.3. The third-order valence-electron chi connectivity index (χ3n) is 3.60. The Hall–Kier alpha value is -2.81. The standard InChI is InChI=1S/C15H12N2O4/c1-20-15(19)9-6-13(18)17(8-9)14-10-4-2-3-5-11(10)21-12(14)7-16/h2-5,9H,6,8H2,1H3. The molecule has 0 bridgehead atoms. The summed E-state index contributed by atoms with van der Waals surface area (Å²) in [6, 6.07) is 9.08. The topological polar surface area (TPSA) is 83.5 Å². The normalized spacial score (nSPS) is 18.0. The van der Waals surface area contributed by atoms with Crippen molar-refractivity contribution >= 4 is 28.5 Å². The second kappa shape index (κ2) is 4.94. The van der Waals surface area contributed by atoms with Crippen LogP contribution in [0.15, 0.2) is 28.7 Å². The summed E-state index contributed by atoms with van der Waals surface area (Å²) in [4.78, 5) is 25.2. The molecule has 1 aromatic carbocycles. The number of hydrogen-bond acceptors (Lipinski definition) is 5. The number of anilines is 1. The quantitative estimate of drug-likeness (QED) is 0.785. The van der Waals surface area contributed by atoms with Crippen molar-refractivity contribution in [3.63, 3.8) is 0 Å². The number of amides is 1. The monoisotopic (exact) mass is 284 g/mol. The van der Waals surface area contributed by atoms with Crippen molar-refractivity contribution in [3.8, 4) is 6.07 Å². The molecule has 6 heteroatoms. The van der Waals surface area contributed by atoms with Crippen molar-refractivity contribution in [1.82, 2.24) is 0 Å². The third-order valence-corrected chi connectivity index (χ3v) is 3.60. The number of nitriles is 1. The molecule has 2 heterocycles. The van der Waals surface area contributed by atoms with Crippen molar-refractivity contribution < 1.29 is 18.7 Å². The first-order valence-electron chi connectivity index (χ1n) is 6.45. The predicted octanol–water partition coefficient (Wildman–Crippen LogP) is 1.83. The summed E-state index contributed by atoms with van der Waals surface area (Å²) >= 11 is 0. The molecule has 1 aliphatic heterocycles. The van der Waals surface area contributed by atoms with Crippen LogP contribution < -0.4 is 4.90 Å². The summed E-state index contributed by atoms with van der Waals surface area (Å²) in [7, 11) is 1.30. The summed E-state index contributed by atoms with van der Waals surface area (Å²) in [5.74, 6) is -1.07. The van der Waals surface area contributed by atoms with Gasteiger partial charge in [0.2, 0.25) is 11.7 Å². The second-order valence-electron chi connectivity index (χ2n) is 4.82. The number of methoxy groups -OCH3 is 1. The molecule has 106 valence electrons. The average molecular weight is 284 g/mol. The van der Waals surface area contributed by atoms with Gasteiger partial charge in [-0.2, -0.15) is 5.26 Å². The van der Waals surface area contributed by atoms with E-state index in [-0.39, 0.29) is 24.6 Å². The van der Waals surface area contributed by atoms with Crippen LogP contribution in [-0.4, -0.2) is 25.5 Å². The highest BCUT2D eigenvalue weighted by atomic mass is 16.5. The first kappa shape index (κ1) is 13.2. The van der Waals surface area contributed by atoms with E-state index in [0.717, 1.165) is 0 Å². The smallest absolute Gasteiger partial charge is 0.311 e. The number of fused-ring (bicyclic) bond motifs is 1. The number of carbonyl (C=O) groups excluding carboxylic acids is 2. The fourth-order valence-electron chi connectivity index (χ4n) is 2.62. The van der Waals surface area contributed by atoms with Crippen LogP contribution in [0, 0.1) is 17.2 Å². The van der Waals surface area contributed by atoms with Gasteiger partial charge in [-0.15, -0.1) is 0 Å². The van der Waals surface area contributed by atoms with E-state index in [1.54, 1.807) is 24.3 Å². The van der Waals surface area contributed by atoms with Gasteiger partial charge in [-0.1, -0.05) is 12.1 Å². The van der Waals surface area contributed by atoms with Crippen molar-refractivity contribution in [2.45, 2.75) is 6.42 Å². The van der Waals surface area contributed by atoms with Gasteiger partial charge < -0.3 is 14.1 Å². The van der Waals surface area contributed by atoms with E-state index < -0.39 is 11.9 Å². The van der Waals surface area contributed by atoms with Crippen LogP contribution in [0.25, 0.3) is 11.0 Å². The predicted molar refractivity (Wildman–Crippen MR) is 73.4 cm³/mol. The van der Waals surface area contributed by atoms with Gasteiger partial charge in [0, 0.05) is 18.4 Å². The average Bonchev–Trinajstić information content (AvgIpc) is 3.06. The summed E-state index contributed by atoms with van der Waals surface area (Å²) in [5.41, 5.74) is 0.975. The highest BCUT2D eigenvalue weighted by Crippen LogP contribution is 2.37. The number of benzene rings is 1. The Kier molecular flexibility index (Phi) is 3.10. The van der Waals surface area contributed by atoms with Crippen molar-refractivity contribution in [2.24, 2.45) is 5.92 Å². The van der Waals surface area contributed by atoms with Crippen molar-refractivity contribution in [2.75, 3.05) is 18.6 Å². The summed E-state index contributed by atoms with van der Waals surface area (Å²) < 4.78 is 10.1. The molecule has 2 aromatic rings. The van der Waals surface area contributed by atoms with Crippen LogP contribution in [0.5, 0.6) is 0 Å². The molecule has 1 saturated heterocycles. The number of para-hydroxylation sites is 1. The lowest BCUT2D eigenvalue weighted by Crippen LogP contribution is -2.26. The molecular formula is C15H12N2O4. The van der Waals surface area contributed by atoms with Gasteiger partial charge in [0.1, 0.15) is 17.3 Å². The Morgan fingerprint density at radius 2 is 2.24 bits per heavy atom. The Bertz CT molecular complexity index is 772. The zero-order valence-corrected chi connectivity index (χ0v) is 11.3. The molecule has 0 radical (unpaired) electrons. The van der Waals surface area contributed by atoms with Gasteiger partial charge in [-0.3, -0.25) is 9.59 Å².